The lowest BCUT2D eigenvalue weighted by Gasteiger charge is -2.31. The van der Waals surface area contributed by atoms with Gasteiger partial charge in [0, 0.05) is 26.2 Å². The molecule has 1 aliphatic heterocycles. The molecule has 1 saturated heterocycles. The average Bonchev–Trinajstić information content (AvgIpc) is 2.64. The Morgan fingerprint density at radius 1 is 1.00 bits per heavy atom. The zero-order valence-electron chi connectivity index (χ0n) is 15.8. The molecule has 7 heteroatoms. The Morgan fingerprint density at radius 3 is 2.37 bits per heavy atom. The fourth-order valence-corrected chi connectivity index (χ4v) is 4.50. The van der Waals surface area contributed by atoms with Gasteiger partial charge in [-0.1, -0.05) is 23.8 Å². The van der Waals surface area contributed by atoms with Gasteiger partial charge in [0.1, 0.15) is 5.75 Å². The Balaban J connectivity index is 1.81. The standard InChI is InChI=1S/C20H24N2O4S/c1-15-7-8-19(16(2)13-15)26-20(23)17-5-4-6-18(14-17)27(24,25)22-11-9-21(3)10-12-22/h4-8,13-14H,9-12H2,1-3H3. The van der Waals surface area contributed by atoms with Gasteiger partial charge in [-0.15, -0.1) is 0 Å². The van der Waals surface area contributed by atoms with Crippen molar-refractivity contribution in [2.45, 2.75) is 18.7 Å². The number of nitrogens with zero attached hydrogens (tertiary/aromatic N) is 2. The fourth-order valence-electron chi connectivity index (χ4n) is 3.03. The molecular formula is C20H24N2O4S. The van der Waals surface area contributed by atoms with Crippen molar-refractivity contribution in [1.82, 2.24) is 9.21 Å². The Labute approximate surface area is 160 Å². The maximum Gasteiger partial charge on any atom is 0.343 e. The van der Waals surface area contributed by atoms with E-state index in [0.29, 0.717) is 31.9 Å². The molecule has 1 heterocycles. The molecule has 0 aromatic heterocycles. The Bertz CT molecular complexity index is 948. The van der Waals surface area contributed by atoms with Crippen molar-refractivity contribution in [3.05, 3.63) is 59.2 Å². The molecule has 0 radical (unpaired) electrons. The number of esters is 1. The van der Waals surface area contributed by atoms with Gasteiger partial charge < -0.3 is 9.64 Å². The quantitative estimate of drug-likeness (QED) is 0.595. The highest BCUT2D eigenvalue weighted by Gasteiger charge is 2.28. The maximum absolute atomic E-state index is 12.9. The Morgan fingerprint density at radius 2 is 1.70 bits per heavy atom. The van der Waals surface area contributed by atoms with Crippen molar-refractivity contribution < 1.29 is 17.9 Å². The molecule has 3 rings (SSSR count). The zero-order valence-corrected chi connectivity index (χ0v) is 16.6. The number of hydrogen-bond acceptors (Lipinski definition) is 5. The molecule has 6 nitrogen and oxygen atoms in total. The normalized spacial score (nSPS) is 16.3. The van der Waals surface area contributed by atoms with Crippen molar-refractivity contribution >= 4 is 16.0 Å². The molecule has 0 aliphatic carbocycles. The molecule has 144 valence electrons. The first kappa shape index (κ1) is 19.5. The highest BCUT2D eigenvalue weighted by molar-refractivity contribution is 7.89. The first-order valence-electron chi connectivity index (χ1n) is 8.85. The molecule has 1 aliphatic rings. The molecule has 0 spiro atoms. The summed E-state index contributed by atoms with van der Waals surface area (Å²) in [6.07, 6.45) is 0. The van der Waals surface area contributed by atoms with Crippen molar-refractivity contribution in [1.29, 1.82) is 0 Å². The molecule has 0 unspecified atom stereocenters. The van der Waals surface area contributed by atoms with E-state index < -0.39 is 16.0 Å². The van der Waals surface area contributed by atoms with Gasteiger partial charge >= 0.3 is 5.97 Å². The Hall–Kier alpha value is -2.22. The lowest BCUT2D eigenvalue weighted by atomic mass is 10.1. The number of likely N-dealkylation sites (N-methyl/N-ethyl adjacent to an activating group) is 1. The van der Waals surface area contributed by atoms with E-state index in [0.717, 1.165) is 11.1 Å². The zero-order chi connectivity index (χ0) is 19.6. The van der Waals surface area contributed by atoms with Crippen LogP contribution < -0.4 is 4.74 Å². The monoisotopic (exact) mass is 388 g/mol. The van der Waals surface area contributed by atoms with Crippen LogP contribution in [0.15, 0.2) is 47.4 Å². The summed E-state index contributed by atoms with van der Waals surface area (Å²) in [5.41, 5.74) is 2.14. The summed E-state index contributed by atoms with van der Waals surface area (Å²) in [5, 5.41) is 0. The summed E-state index contributed by atoms with van der Waals surface area (Å²) < 4.78 is 32.7. The summed E-state index contributed by atoms with van der Waals surface area (Å²) in [6, 6.07) is 11.6. The maximum atomic E-state index is 12.9. The number of piperazine rings is 1. The molecular weight excluding hydrogens is 364 g/mol. The van der Waals surface area contributed by atoms with Crippen LogP contribution in [-0.2, 0) is 10.0 Å². The van der Waals surface area contributed by atoms with Gasteiger partial charge in [0.2, 0.25) is 10.0 Å². The number of sulfonamides is 1. The molecule has 1 fully saturated rings. The summed E-state index contributed by atoms with van der Waals surface area (Å²) in [7, 11) is -1.66. The van der Waals surface area contributed by atoms with E-state index in [1.54, 1.807) is 18.2 Å². The third-order valence-electron chi connectivity index (χ3n) is 4.70. The number of aryl methyl sites for hydroxylation is 2. The van der Waals surface area contributed by atoms with E-state index in [9.17, 15) is 13.2 Å². The van der Waals surface area contributed by atoms with Crippen molar-refractivity contribution in [3.8, 4) is 5.75 Å². The van der Waals surface area contributed by atoms with Gasteiger partial charge in [0.15, 0.2) is 0 Å². The smallest absolute Gasteiger partial charge is 0.343 e. The predicted molar refractivity (Wildman–Crippen MR) is 104 cm³/mol. The molecule has 2 aromatic carbocycles. The minimum atomic E-state index is -3.63. The van der Waals surface area contributed by atoms with Gasteiger partial charge in [0.05, 0.1) is 10.5 Å². The highest BCUT2D eigenvalue weighted by Crippen LogP contribution is 2.22. The fraction of sp³-hybridized carbons (Fsp3) is 0.350. The lowest BCUT2D eigenvalue weighted by Crippen LogP contribution is -2.47. The minimum Gasteiger partial charge on any atom is -0.423 e. The summed E-state index contributed by atoms with van der Waals surface area (Å²) >= 11 is 0. The third-order valence-corrected chi connectivity index (χ3v) is 6.60. The van der Waals surface area contributed by atoms with Crippen molar-refractivity contribution in [3.63, 3.8) is 0 Å². The van der Waals surface area contributed by atoms with Crippen LogP contribution in [0.3, 0.4) is 0 Å². The SMILES string of the molecule is Cc1ccc(OC(=O)c2cccc(S(=O)(=O)N3CCN(C)CC3)c2)c(C)c1. The average molecular weight is 388 g/mol. The summed E-state index contributed by atoms with van der Waals surface area (Å²) in [5.74, 6) is -0.102. The first-order valence-corrected chi connectivity index (χ1v) is 10.3. The van der Waals surface area contributed by atoms with Gasteiger partial charge in [-0.2, -0.15) is 4.31 Å². The van der Waals surface area contributed by atoms with Crippen LogP contribution in [0.2, 0.25) is 0 Å². The molecule has 27 heavy (non-hydrogen) atoms. The number of carbonyl (C=O) groups excluding carboxylic acids is 1. The topological polar surface area (TPSA) is 66.9 Å². The molecule has 0 saturated carbocycles. The van der Waals surface area contributed by atoms with Gasteiger partial charge in [-0.05, 0) is 50.7 Å². The van der Waals surface area contributed by atoms with Gasteiger partial charge in [0.25, 0.3) is 0 Å². The molecule has 2 aromatic rings. The van der Waals surface area contributed by atoms with Crippen LogP contribution in [-0.4, -0.2) is 56.8 Å². The second-order valence-electron chi connectivity index (χ2n) is 6.89. The summed E-state index contributed by atoms with van der Waals surface area (Å²) in [4.78, 5) is 14.7. The van der Waals surface area contributed by atoms with E-state index in [-0.39, 0.29) is 10.5 Å². The van der Waals surface area contributed by atoms with Crippen molar-refractivity contribution in [2.24, 2.45) is 0 Å². The van der Waals surface area contributed by atoms with Gasteiger partial charge in [-0.3, -0.25) is 0 Å². The number of benzene rings is 2. The predicted octanol–water partition coefficient (Wildman–Crippen LogP) is 2.46. The lowest BCUT2D eigenvalue weighted by molar-refractivity contribution is 0.0733. The highest BCUT2D eigenvalue weighted by atomic mass is 32.2. The van der Waals surface area contributed by atoms with Crippen molar-refractivity contribution in [2.75, 3.05) is 33.2 Å². The van der Waals surface area contributed by atoms with Crippen LogP contribution in [0.1, 0.15) is 21.5 Å². The number of carbonyl (C=O) groups is 1. The van der Waals surface area contributed by atoms with E-state index in [1.165, 1.54) is 16.4 Å². The van der Waals surface area contributed by atoms with Crippen LogP contribution in [0.5, 0.6) is 5.75 Å². The van der Waals surface area contributed by atoms with Crippen LogP contribution in [0.25, 0.3) is 0 Å². The minimum absolute atomic E-state index is 0.113. The van der Waals surface area contributed by atoms with E-state index in [1.807, 2.05) is 33.0 Å². The summed E-state index contributed by atoms with van der Waals surface area (Å²) in [6.45, 7) is 6.09. The van der Waals surface area contributed by atoms with Crippen LogP contribution in [0, 0.1) is 13.8 Å². The van der Waals surface area contributed by atoms with E-state index in [4.69, 9.17) is 4.74 Å². The molecule has 0 atom stereocenters. The second kappa shape index (κ2) is 7.80. The Kier molecular flexibility index (Phi) is 5.64. The van der Waals surface area contributed by atoms with Crippen LogP contribution in [0.4, 0.5) is 0 Å². The van der Waals surface area contributed by atoms with Crippen LogP contribution >= 0.6 is 0 Å². The number of hydrogen-bond donors (Lipinski definition) is 0. The number of ether oxygens (including phenoxy) is 1. The second-order valence-corrected chi connectivity index (χ2v) is 8.83. The van der Waals surface area contributed by atoms with Gasteiger partial charge in [-0.25, -0.2) is 13.2 Å². The molecule has 0 bridgehead atoms. The van der Waals surface area contributed by atoms with E-state index >= 15 is 0 Å². The molecule has 0 N–H and O–H groups in total. The van der Waals surface area contributed by atoms with E-state index in [2.05, 4.69) is 4.90 Å². The first-order chi connectivity index (χ1) is 12.8. The number of rotatable bonds is 4. The molecule has 0 amide bonds. The third kappa shape index (κ3) is 4.37. The largest absolute Gasteiger partial charge is 0.423 e.